The van der Waals surface area contributed by atoms with E-state index in [9.17, 15) is 61.8 Å². The lowest BCUT2D eigenvalue weighted by atomic mass is 9.67. The van der Waals surface area contributed by atoms with Crippen molar-refractivity contribution in [3.8, 4) is 0 Å². The van der Waals surface area contributed by atoms with E-state index in [-0.39, 0.29) is 93.2 Å². The Labute approximate surface area is 423 Å². The molecule has 0 atom stereocenters. The van der Waals surface area contributed by atoms with Gasteiger partial charge in [-0.3, -0.25) is 23.0 Å². The molecule has 0 saturated heterocycles. The van der Waals surface area contributed by atoms with E-state index in [0.717, 1.165) is 0 Å². The number of carbonyl (C=O) groups is 1. The summed E-state index contributed by atoms with van der Waals surface area (Å²) in [4.78, 5) is 11.9. The summed E-state index contributed by atoms with van der Waals surface area (Å²) in [5.74, 6) is -12.6. The molecule has 2 heterocycles. The first kappa shape index (κ1) is 55.8. The van der Waals surface area contributed by atoms with Crippen LogP contribution in [0.15, 0.2) is 70.5 Å². The molecule has 4 aromatic carbocycles. The Bertz CT molecular complexity index is 3660. The number of benzene rings is 4. The fourth-order valence-corrected chi connectivity index (χ4v) is 13.6. The highest BCUT2D eigenvalue weighted by Crippen LogP contribution is 2.49. The van der Waals surface area contributed by atoms with E-state index >= 15 is 17.6 Å². The number of rotatable bonds is 17. The number of aliphatic carboxylic acids is 1. The topological polar surface area (TPSA) is 261 Å². The summed E-state index contributed by atoms with van der Waals surface area (Å²) in [5, 5.41) is 9.78. The molecule has 16 nitrogen and oxygen atoms in total. The summed E-state index contributed by atoms with van der Waals surface area (Å²) < 4.78 is 206. The van der Waals surface area contributed by atoms with Crippen molar-refractivity contribution >= 4 is 80.6 Å². The Hall–Kier alpha value is -4.99. The fraction of sp³-hybridized carbons (Fsp3) is 0.375. The van der Waals surface area contributed by atoms with Crippen LogP contribution in [0.4, 0.5) is 23.2 Å². The van der Waals surface area contributed by atoms with Gasteiger partial charge in [0.25, 0.3) is 40.5 Å². The minimum absolute atomic E-state index is 0.000868. The van der Waals surface area contributed by atoms with Gasteiger partial charge in [0.2, 0.25) is 5.36 Å². The zero-order chi connectivity index (χ0) is 54.3. The highest BCUT2D eigenvalue weighted by molar-refractivity contribution is 8.00. The Balaban J connectivity index is 1.64. The number of carboxylic acids is 1. The van der Waals surface area contributed by atoms with Gasteiger partial charge in [-0.15, -0.1) is 11.8 Å². The van der Waals surface area contributed by atoms with Gasteiger partial charge in [-0.25, -0.2) is 22.1 Å². The molecule has 0 radical (unpaired) electrons. The maximum absolute atomic E-state index is 17.1. The first-order valence-corrected chi connectivity index (χ1v) is 29.5. The van der Waals surface area contributed by atoms with Gasteiger partial charge in [-0.1, -0.05) is 32.1 Å². The number of fused-ring (bicyclic) bond motifs is 4. The summed E-state index contributed by atoms with van der Waals surface area (Å²) in [6.07, 6.45) is 3.10. The molecule has 7 rings (SSSR count). The summed E-state index contributed by atoms with van der Waals surface area (Å²) in [6, 6.07) is 11.3. The molecular weight excluding hydrogens is 1060 g/mol. The maximum atomic E-state index is 17.1. The third-order valence-corrected chi connectivity index (χ3v) is 17.5. The largest absolute Gasteiger partial charge is 0.481 e. The van der Waals surface area contributed by atoms with Crippen molar-refractivity contribution in [1.82, 2.24) is 4.58 Å². The van der Waals surface area contributed by atoms with Crippen LogP contribution in [-0.4, -0.2) is 110 Å². The lowest BCUT2D eigenvalue weighted by molar-refractivity contribution is -0.137. The predicted octanol–water partition coefficient (Wildman–Crippen LogP) is 5.89. The average molecular weight is 1120 g/mol. The average Bonchev–Trinajstić information content (AvgIpc) is 3.23. The van der Waals surface area contributed by atoms with Gasteiger partial charge in [0.15, 0.2) is 28.8 Å². The summed E-state index contributed by atoms with van der Waals surface area (Å²) in [5.41, 5.74) is -3.73. The number of halogens is 4. The second-order valence-electron chi connectivity index (χ2n) is 19.7. The van der Waals surface area contributed by atoms with Gasteiger partial charge >= 0.3 is 5.97 Å². The van der Waals surface area contributed by atoms with E-state index in [4.69, 9.17) is 0 Å². The second-order valence-corrected chi connectivity index (χ2v) is 26.7. The van der Waals surface area contributed by atoms with E-state index < -0.39 is 125 Å². The summed E-state index contributed by atoms with van der Waals surface area (Å²) >= 11 is 0.0762. The van der Waals surface area contributed by atoms with Gasteiger partial charge < -0.3 is 10.0 Å². The van der Waals surface area contributed by atoms with Gasteiger partial charge in [-0.2, -0.15) is 33.7 Å². The number of hydrogen-bond donors (Lipinski definition) is 5. The highest BCUT2D eigenvalue weighted by Gasteiger charge is 2.43. The lowest BCUT2D eigenvalue weighted by Gasteiger charge is -2.45. The third kappa shape index (κ3) is 11.5. The van der Waals surface area contributed by atoms with Crippen molar-refractivity contribution < 1.29 is 79.3 Å². The van der Waals surface area contributed by atoms with Gasteiger partial charge in [-0.05, 0) is 95.3 Å². The molecule has 5 N–H and O–H groups in total. The maximum Gasteiger partial charge on any atom is 0.303 e. The van der Waals surface area contributed by atoms with Gasteiger partial charge in [0, 0.05) is 67.3 Å². The van der Waals surface area contributed by atoms with Crippen LogP contribution in [0, 0.1) is 23.3 Å². The Morgan fingerprint density at radius 2 is 1.27 bits per heavy atom. The second kappa shape index (κ2) is 19.3. The van der Waals surface area contributed by atoms with Crippen LogP contribution < -0.4 is 20.1 Å². The first-order valence-electron chi connectivity index (χ1n) is 22.3. The molecule has 1 aliphatic carbocycles. The van der Waals surface area contributed by atoms with Crippen LogP contribution in [0.2, 0.25) is 0 Å². The van der Waals surface area contributed by atoms with Crippen LogP contribution in [-0.2, 0) is 57.1 Å². The number of hydrogen-bond acceptors (Lipinski definition) is 11. The normalized spacial score (nSPS) is 17.0. The molecule has 0 aromatic heterocycles. The van der Waals surface area contributed by atoms with Crippen LogP contribution in [0.5, 0.6) is 0 Å². The van der Waals surface area contributed by atoms with Crippen molar-refractivity contribution in [2.75, 3.05) is 41.0 Å². The molecule has 25 heteroatoms. The number of nitrogens with zero attached hydrogens (tertiary/aromatic N) is 2. The van der Waals surface area contributed by atoms with Crippen LogP contribution in [0.25, 0.3) is 16.7 Å². The highest BCUT2D eigenvalue weighted by atomic mass is 32.2. The van der Waals surface area contributed by atoms with Crippen molar-refractivity contribution in [3.05, 3.63) is 133 Å². The molecule has 0 fully saturated rings. The molecule has 0 unspecified atom stereocenters. The van der Waals surface area contributed by atoms with E-state index in [1.165, 1.54) is 42.5 Å². The Morgan fingerprint density at radius 3 is 1.81 bits per heavy atom. The molecule has 2 aliphatic heterocycles. The fourth-order valence-electron chi connectivity index (χ4n) is 10.0. The molecule has 0 bridgehead atoms. The quantitative estimate of drug-likeness (QED) is 0.0272. The molecule has 3 aliphatic rings. The SMILES string of the molecule is CC1(C)c2cc3c(cc2C(c2c(F)c(F)c(SCCS(=O)(=O)O)c(F)c2F)=c2cc4c(cc21)=[N+](CCc1ccc(S(=O)(=O)O)cc1)C(C)(C)C=C4CS(=O)(=O)O)C(CS(=O)(=O)O)=CC(C)(C)N3CCCC(=O)O. The van der Waals surface area contributed by atoms with Crippen molar-refractivity contribution in [2.45, 2.75) is 87.1 Å². The minimum Gasteiger partial charge on any atom is -0.481 e. The molecule has 394 valence electrons. The molecule has 0 saturated carbocycles. The monoisotopic (exact) mass is 1120 g/mol. The van der Waals surface area contributed by atoms with E-state index in [1.807, 2.05) is 4.58 Å². The minimum atomic E-state index is -4.82. The molecular formula is C48H51F4N2O14S5+. The van der Waals surface area contributed by atoms with Crippen LogP contribution in [0.1, 0.15) is 93.3 Å². The first-order chi connectivity index (χ1) is 33.4. The van der Waals surface area contributed by atoms with Crippen molar-refractivity contribution in [2.24, 2.45) is 0 Å². The number of carboxylic acid groups (broad SMARTS) is 1. The predicted molar refractivity (Wildman–Crippen MR) is 267 cm³/mol. The molecule has 73 heavy (non-hydrogen) atoms. The zero-order valence-electron chi connectivity index (χ0n) is 40.0. The lowest BCUT2D eigenvalue weighted by Crippen LogP contribution is -2.52. The summed E-state index contributed by atoms with van der Waals surface area (Å²) in [6.45, 7) is 10.6. The van der Waals surface area contributed by atoms with Gasteiger partial charge in [0.05, 0.1) is 32.2 Å². The summed E-state index contributed by atoms with van der Waals surface area (Å²) in [7, 11) is -18.8. The Kier molecular flexibility index (Phi) is 14.7. The van der Waals surface area contributed by atoms with Crippen LogP contribution >= 0.6 is 11.8 Å². The smallest absolute Gasteiger partial charge is 0.303 e. The van der Waals surface area contributed by atoms with E-state index in [2.05, 4.69) is 0 Å². The number of anilines is 1. The molecule has 0 spiro atoms. The van der Waals surface area contributed by atoms with Crippen LogP contribution in [0.3, 0.4) is 0 Å². The van der Waals surface area contributed by atoms with Crippen molar-refractivity contribution in [3.63, 3.8) is 0 Å². The standard InChI is InChI=1S/C48H50F4N2O14S5/c1-46(2)22-27(24-71(60,61)62)30-18-32-34(20-36(30)53(46)14-7-8-38(55)56)48(5,6)35-21-37-31(19-33(35)39(32)40-41(49)43(51)45(44(52)42(40)50)69-16-17-70(57,58)59)28(25-72(63,64)65)23-47(3,4)54(37)15-13-26-9-11-29(12-10-26)73(66,67)68/h9-12,18-23H,7-8,13-17,24-25H2,1-6H3,(H4-,55,56,57,58,59,60,61,62,63,64,65,66,67,68)/p+1. The van der Waals surface area contributed by atoms with Gasteiger partial charge in [0.1, 0.15) is 18.1 Å². The zero-order valence-corrected chi connectivity index (χ0v) is 44.1. The molecule has 0 amide bonds. The van der Waals surface area contributed by atoms with E-state index in [1.54, 1.807) is 64.7 Å². The number of thioether (sulfide) groups is 1. The van der Waals surface area contributed by atoms with Crippen molar-refractivity contribution in [1.29, 1.82) is 0 Å². The molecule has 4 aromatic rings. The third-order valence-electron chi connectivity index (χ3n) is 13.2. The Morgan fingerprint density at radius 1 is 0.699 bits per heavy atom. The van der Waals surface area contributed by atoms with E-state index in [0.29, 0.717) is 16.6 Å².